The number of phenolic OH excluding ortho intramolecular Hbond substituents is 1. The van der Waals surface area contributed by atoms with Crippen molar-refractivity contribution in [3.63, 3.8) is 0 Å². The van der Waals surface area contributed by atoms with Gasteiger partial charge < -0.3 is 25.4 Å². The van der Waals surface area contributed by atoms with Gasteiger partial charge in [-0.15, -0.1) is 0 Å². The maximum Gasteiger partial charge on any atom is 0.408 e. The number of phenols is 1. The zero-order valence-corrected chi connectivity index (χ0v) is 20.0. The van der Waals surface area contributed by atoms with E-state index in [1.54, 1.807) is 37.8 Å². The van der Waals surface area contributed by atoms with Gasteiger partial charge in [0.05, 0.1) is 0 Å². The van der Waals surface area contributed by atoms with Crippen LogP contribution in [0.5, 0.6) is 5.75 Å². The van der Waals surface area contributed by atoms with Crippen LogP contribution in [0.2, 0.25) is 0 Å². The van der Waals surface area contributed by atoms with Crippen molar-refractivity contribution in [1.29, 1.82) is 0 Å². The monoisotopic (exact) mass is 447 g/mol. The first-order valence-electron chi connectivity index (χ1n) is 11.3. The van der Waals surface area contributed by atoms with Crippen LogP contribution in [0.4, 0.5) is 4.79 Å². The summed E-state index contributed by atoms with van der Waals surface area (Å²) in [6.07, 6.45) is 1.81. The van der Waals surface area contributed by atoms with Crippen LogP contribution in [-0.2, 0) is 14.3 Å². The molecule has 0 aliphatic heterocycles. The van der Waals surface area contributed by atoms with Gasteiger partial charge in [0, 0.05) is 12.1 Å². The summed E-state index contributed by atoms with van der Waals surface area (Å²) in [6, 6.07) is 5.31. The zero-order chi connectivity index (χ0) is 24.1. The molecule has 8 heteroatoms. The quantitative estimate of drug-likeness (QED) is 0.537. The summed E-state index contributed by atoms with van der Waals surface area (Å²) in [5, 5.41) is 15.5. The largest absolute Gasteiger partial charge is 0.508 e. The average molecular weight is 448 g/mol. The second-order valence-electron chi connectivity index (χ2n) is 9.63. The summed E-state index contributed by atoms with van der Waals surface area (Å²) in [5.74, 6) is -0.427. The first kappa shape index (κ1) is 25.5. The van der Waals surface area contributed by atoms with Crippen molar-refractivity contribution >= 4 is 17.9 Å². The fraction of sp³-hybridized carbons (Fsp3) is 0.625. The Kier molecular flexibility index (Phi) is 8.52. The number of hydrogen-bond acceptors (Lipinski definition) is 5. The van der Waals surface area contributed by atoms with E-state index in [0.717, 1.165) is 19.3 Å². The van der Waals surface area contributed by atoms with E-state index >= 15 is 0 Å². The molecule has 0 saturated heterocycles. The minimum Gasteiger partial charge on any atom is -0.508 e. The minimum atomic E-state index is -0.913. The Bertz CT molecular complexity index is 820. The van der Waals surface area contributed by atoms with Crippen molar-refractivity contribution in [3.05, 3.63) is 29.8 Å². The number of nitrogens with one attached hydrogen (secondary N) is 2. The van der Waals surface area contributed by atoms with E-state index in [0.29, 0.717) is 5.56 Å². The highest BCUT2D eigenvalue weighted by Gasteiger charge is 2.46. The molecule has 0 bridgehead atoms. The van der Waals surface area contributed by atoms with Gasteiger partial charge in [-0.1, -0.05) is 32.4 Å². The predicted molar refractivity (Wildman–Crippen MR) is 122 cm³/mol. The fourth-order valence-electron chi connectivity index (χ4n) is 3.72. The van der Waals surface area contributed by atoms with E-state index in [1.165, 1.54) is 12.1 Å². The summed E-state index contributed by atoms with van der Waals surface area (Å²) in [7, 11) is 0. The van der Waals surface area contributed by atoms with Crippen LogP contribution >= 0.6 is 0 Å². The number of nitrogens with zero attached hydrogens (tertiary/aromatic N) is 1. The van der Waals surface area contributed by atoms with E-state index in [4.69, 9.17) is 4.74 Å². The van der Waals surface area contributed by atoms with Crippen LogP contribution in [0.3, 0.4) is 0 Å². The molecule has 0 radical (unpaired) electrons. The Balaban J connectivity index is 2.29. The lowest BCUT2D eigenvalue weighted by atomic mass is 10.0. The SMILES string of the molecule is CCCC(C)NC(=O)C(c1cccc(O)c1)N(C(=O)CNC(=O)OC(C)(C)C)C1CC1C. The number of benzene rings is 1. The van der Waals surface area contributed by atoms with Gasteiger partial charge in [0.15, 0.2) is 0 Å². The van der Waals surface area contributed by atoms with Crippen molar-refractivity contribution in [3.8, 4) is 5.75 Å². The topological polar surface area (TPSA) is 108 Å². The van der Waals surface area contributed by atoms with Gasteiger partial charge in [-0.3, -0.25) is 9.59 Å². The van der Waals surface area contributed by atoms with Crippen molar-refractivity contribution < 1.29 is 24.2 Å². The standard InChI is InChI=1S/C24H37N3O5/c1-7-9-16(3)26-22(30)21(17-10-8-11-18(28)13-17)27(19-12-15(19)2)20(29)14-25-23(31)32-24(4,5)6/h8,10-11,13,15-16,19,21,28H,7,9,12,14H2,1-6H3,(H,25,31)(H,26,30). The molecule has 2 rings (SSSR count). The third-order valence-corrected chi connectivity index (χ3v) is 5.32. The second kappa shape index (κ2) is 10.7. The summed E-state index contributed by atoms with van der Waals surface area (Å²) in [5.41, 5.74) is -0.159. The Morgan fingerprint density at radius 2 is 1.94 bits per heavy atom. The van der Waals surface area contributed by atoms with Crippen molar-refractivity contribution in [2.45, 2.75) is 84.5 Å². The van der Waals surface area contributed by atoms with Gasteiger partial charge in [0.25, 0.3) is 0 Å². The lowest BCUT2D eigenvalue weighted by molar-refractivity contribution is -0.141. The second-order valence-corrected chi connectivity index (χ2v) is 9.63. The number of alkyl carbamates (subject to hydrolysis) is 1. The third kappa shape index (κ3) is 7.43. The number of carbonyl (C=O) groups excluding carboxylic acids is 3. The van der Waals surface area contributed by atoms with E-state index in [2.05, 4.69) is 10.6 Å². The van der Waals surface area contributed by atoms with E-state index in [1.807, 2.05) is 20.8 Å². The fourth-order valence-corrected chi connectivity index (χ4v) is 3.72. The molecule has 0 spiro atoms. The first-order chi connectivity index (χ1) is 14.9. The molecule has 1 aromatic rings. The normalized spacial score (nSPS) is 19.4. The molecular weight excluding hydrogens is 410 g/mol. The van der Waals surface area contributed by atoms with Crippen molar-refractivity contribution in [1.82, 2.24) is 15.5 Å². The van der Waals surface area contributed by atoms with Gasteiger partial charge >= 0.3 is 6.09 Å². The lowest BCUT2D eigenvalue weighted by Gasteiger charge is -2.33. The zero-order valence-electron chi connectivity index (χ0n) is 20.0. The summed E-state index contributed by atoms with van der Waals surface area (Å²) < 4.78 is 5.22. The Labute approximate surface area is 190 Å². The van der Waals surface area contributed by atoms with Crippen LogP contribution in [0.25, 0.3) is 0 Å². The maximum atomic E-state index is 13.4. The number of aromatic hydroxyl groups is 1. The van der Waals surface area contributed by atoms with E-state index < -0.39 is 17.7 Å². The molecule has 1 fully saturated rings. The Morgan fingerprint density at radius 3 is 2.47 bits per heavy atom. The van der Waals surface area contributed by atoms with Gasteiger partial charge in [-0.05, 0) is 64.2 Å². The smallest absolute Gasteiger partial charge is 0.408 e. The molecule has 32 heavy (non-hydrogen) atoms. The maximum absolute atomic E-state index is 13.4. The Morgan fingerprint density at radius 1 is 1.28 bits per heavy atom. The number of hydrogen-bond donors (Lipinski definition) is 3. The highest BCUT2D eigenvalue weighted by atomic mass is 16.6. The summed E-state index contributed by atoms with van der Waals surface area (Å²) in [4.78, 5) is 40.2. The van der Waals surface area contributed by atoms with Crippen LogP contribution in [0, 0.1) is 5.92 Å². The van der Waals surface area contributed by atoms with Crippen LogP contribution in [-0.4, -0.2) is 52.1 Å². The molecule has 4 atom stereocenters. The number of carbonyl (C=O) groups is 3. The van der Waals surface area contributed by atoms with Gasteiger partial charge in [-0.25, -0.2) is 4.79 Å². The van der Waals surface area contributed by atoms with E-state index in [-0.39, 0.29) is 42.1 Å². The minimum absolute atomic E-state index is 0.0185. The summed E-state index contributed by atoms with van der Waals surface area (Å²) >= 11 is 0. The van der Waals surface area contributed by atoms with Crippen LogP contribution in [0.15, 0.2) is 24.3 Å². The van der Waals surface area contributed by atoms with Crippen LogP contribution < -0.4 is 10.6 Å². The highest BCUT2D eigenvalue weighted by molar-refractivity contribution is 5.91. The lowest BCUT2D eigenvalue weighted by Crippen LogP contribution is -2.50. The molecule has 1 aliphatic carbocycles. The highest BCUT2D eigenvalue weighted by Crippen LogP contribution is 2.40. The molecule has 8 nitrogen and oxygen atoms in total. The molecule has 3 amide bonds. The molecule has 1 saturated carbocycles. The summed E-state index contributed by atoms with van der Waals surface area (Å²) in [6.45, 7) is 10.9. The van der Waals surface area contributed by atoms with E-state index in [9.17, 15) is 19.5 Å². The van der Waals surface area contributed by atoms with Crippen molar-refractivity contribution in [2.24, 2.45) is 5.92 Å². The van der Waals surface area contributed by atoms with Gasteiger partial charge in [0.2, 0.25) is 11.8 Å². The van der Waals surface area contributed by atoms with Gasteiger partial charge in [0.1, 0.15) is 23.9 Å². The molecule has 0 aromatic heterocycles. The van der Waals surface area contributed by atoms with Gasteiger partial charge in [-0.2, -0.15) is 0 Å². The molecule has 1 aromatic carbocycles. The molecule has 178 valence electrons. The molecule has 0 heterocycles. The van der Waals surface area contributed by atoms with Crippen molar-refractivity contribution in [2.75, 3.05) is 6.54 Å². The third-order valence-electron chi connectivity index (χ3n) is 5.32. The number of amides is 3. The molecule has 1 aliphatic rings. The number of ether oxygens (including phenoxy) is 1. The molecule has 3 N–H and O–H groups in total. The average Bonchev–Trinajstić information content (AvgIpc) is 3.38. The number of rotatable bonds is 9. The predicted octanol–water partition coefficient (Wildman–Crippen LogP) is 3.50. The first-order valence-corrected chi connectivity index (χ1v) is 11.3. The van der Waals surface area contributed by atoms with Crippen LogP contribution in [0.1, 0.15) is 72.4 Å². The molecular formula is C24H37N3O5. The Hall–Kier alpha value is -2.77. The molecule has 4 unspecified atom stereocenters.